The molecule has 1 aromatic heterocycles. The number of aromatic nitrogens is 1. The van der Waals surface area contributed by atoms with Gasteiger partial charge in [0.25, 0.3) is 11.8 Å². The Morgan fingerprint density at radius 2 is 1.78 bits per heavy atom. The molecule has 0 radical (unpaired) electrons. The molecule has 3 aromatic rings. The zero-order valence-electron chi connectivity index (χ0n) is 14.8. The minimum absolute atomic E-state index is 0.137. The van der Waals surface area contributed by atoms with Crippen LogP contribution in [0.4, 0.5) is 5.69 Å². The van der Waals surface area contributed by atoms with Crippen molar-refractivity contribution in [1.82, 2.24) is 10.3 Å². The highest BCUT2D eigenvalue weighted by atomic mass is 16.2. The highest BCUT2D eigenvalue weighted by molar-refractivity contribution is 6.10. The van der Waals surface area contributed by atoms with Crippen molar-refractivity contribution in [3.63, 3.8) is 0 Å². The summed E-state index contributed by atoms with van der Waals surface area (Å²) in [5, 5.41) is 5.52. The van der Waals surface area contributed by atoms with E-state index in [1.54, 1.807) is 54.9 Å². The van der Waals surface area contributed by atoms with Crippen LogP contribution in [0.25, 0.3) is 6.08 Å². The predicted molar refractivity (Wildman–Crippen MR) is 106 cm³/mol. The van der Waals surface area contributed by atoms with Gasteiger partial charge < -0.3 is 10.6 Å². The molecule has 0 saturated carbocycles. The van der Waals surface area contributed by atoms with Crippen LogP contribution in [0.15, 0.2) is 84.8 Å². The van der Waals surface area contributed by atoms with E-state index in [-0.39, 0.29) is 11.6 Å². The Bertz CT molecular complexity index is 967. The molecule has 134 valence electrons. The molecule has 5 heteroatoms. The summed E-state index contributed by atoms with van der Waals surface area (Å²) in [6.07, 6.45) is 4.86. The lowest BCUT2D eigenvalue weighted by Crippen LogP contribution is -2.30. The Kier molecular flexibility index (Phi) is 5.74. The van der Waals surface area contributed by atoms with Gasteiger partial charge in [-0.05, 0) is 54.5 Å². The van der Waals surface area contributed by atoms with Gasteiger partial charge in [-0.2, -0.15) is 0 Å². The number of amides is 2. The third-order valence-electron chi connectivity index (χ3n) is 3.80. The number of benzene rings is 2. The molecule has 3 rings (SSSR count). The number of pyridine rings is 1. The van der Waals surface area contributed by atoms with Crippen molar-refractivity contribution in [3.8, 4) is 0 Å². The largest absolute Gasteiger partial charge is 0.321 e. The van der Waals surface area contributed by atoms with E-state index in [4.69, 9.17) is 0 Å². The van der Waals surface area contributed by atoms with Crippen molar-refractivity contribution in [2.75, 3.05) is 5.32 Å². The Morgan fingerprint density at radius 3 is 2.48 bits per heavy atom. The lowest BCUT2D eigenvalue weighted by molar-refractivity contribution is -0.113. The lowest BCUT2D eigenvalue weighted by Gasteiger charge is -2.11. The van der Waals surface area contributed by atoms with Crippen LogP contribution in [-0.4, -0.2) is 16.8 Å². The van der Waals surface area contributed by atoms with Crippen molar-refractivity contribution >= 4 is 23.6 Å². The standard InChI is InChI=1S/C22H19N3O2/c1-16-7-5-11-19(13-16)24-22(27)20(14-17-8-6-12-23-15-17)25-21(26)18-9-3-2-4-10-18/h2-15H,1H3,(H,24,27)(H,25,26)/b20-14-. The van der Waals surface area contributed by atoms with Gasteiger partial charge in [-0.15, -0.1) is 0 Å². The molecule has 0 aliphatic rings. The summed E-state index contributed by atoms with van der Waals surface area (Å²) in [6, 6.07) is 19.8. The van der Waals surface area contributed by atoms with Gasteiger partial charge in [-0.3, -0.25) is 14.6 Å². The molecule has 0 spiro atoms. The number of rotatable bonds is 5. The van der Waals surface area contributed by atoms with E-state index in [0.29, 0.717) is 16.8 Å². The van der Waals surface area contributed by atoms with Crippen LogP contribution in [-0.2, 0) is 4.79 Å². The molecule has 0 unspecified atom stereocenters. The van der Waals surface area contributed by atoms with Crippen molar-refractivity contribution in [2.45, 2.75) is 6.92 Å². The number of aryl methyl sites for hydroxylation is 1. The molecule has 5 nitrogen and oxygen atoms in total. The van der Waals surface area contributed by atoms with Gasteiger partial charge in [0.2, 0.25) is 0 Å². The van der Waals surface area contributed by atoms with E-state index in [2.05, 4.69) is 15.6 Å². The summed E-state index contributed by atoms with van der Waals surface area (Å²) in [5.41, 5.74) is 3.00. The van der Waals surface area contributed by atoms with E-state index in [1.807, 2.05) is 37.3 Å². The number of hydrogen-bond acceptors (Lipinski definition) is 3. The summed E-state index contributed by atoms with van der Waals surface area (Å²) >= 11 is 0. The van der Waals surface area contributed by atoms with Crippen molar-refractivity contribution in [2.24, 2.45) is 0 Å². The first-order chi connectivity index (χ1) is 13.1. The highest BCUT2D eigenvalue weighted by Gasteiger charge is 2.15. The first-order valence-electron chi connectivity index (χ1n) is 8.48. The molecule has 0 fully saturated rings. The normalized spacial score (nSPS) is 10.9. The first-order valence-corrected chi connectivity index (χ1v) is 8.48. The first kappa shape index (κ1) is 18.1. The molecule has 2 aromatic carbocycles. The third kappa shape index (κ3) is 5.12. The molecule has 0 bridgehead atoms. The number of carbonyl (C=O) groups excluding carboxylic acids is 2. The summed E-state index contributed by atoms with van der Waals surface area (Å²) in [4.78, 5) is 29.3. The Hall–Kier alpha value is -3.73. The van der Waals surface area contributed by atoms with Gasteiger partial charge in [0.1, 0.15) is 5.70 Å². The van der Waals surface area contributed by atoms with Crippen LogP contribution in [0.2, 0.25) is 0 Å². The van der Waals surface area contributed by atoms with Crippen LogP contribution >= 0.6 is 0 Å². The average molecular weight is 357 g/mol. The maximum Gasteiger partial charge on any atom is 0.272 e. The summed E-state index contributed by atoms with van der Waals surface area (Å²) < 4.78 is 0. The SMILES string of the molecule is Cc1cccc(NC(=O)/C(=C/c2cccnc2)NC(=O)c2ccccc2)c1. The second kappa shape index (κ2) is 8.58. The van der Waals surface area contributed by atoms with E-state index >= 15 is 0 Å². The van der Waals surface area contributed by atoms with Gasteiger partial charge in [0.15, 0.2) is 0 Å². The average Bonchev–Trinajstić information content (AvgIpc) is 2.69. The third-order valence-corrected chi connectivity index (χ3v) is 3.80. The quantitative estimate of drug-likeness (QED) is 0.682. The number of anilines is 1. The Morgan fingerprint density at radius 1 is 0.963 bits per heavy atom. The molecule has 2 N–H and O–H groups in total. The predicted octanol–water partition coefficient (Wildman–Crippen LogP) is 3.80. The fourth-order valence-electron chi connectivity index (χ4n) is 2.49. The van der Waals surface area contributed by atoms with Crippen LogP contribution < -0.4 is 10.6 Å². The zero-order valence-corrected chi connectivity index (χ0v) is 14.8. The van der Waals surface area contributed by atoms with Crippen molar-refractivity contribution < 1.29 is 9.59 Å². The maximum absolute atomic E-state index is 12.8. The molecule has 0 atom stereocenters. The van der Waals surface area contributed by atoms with Gasteiger partial charge in [0.05, 0.1) is 0 Å². The minimum atomic E-state index is -0.409. The second-order valence-corrected chi connectivity index (χ2v) is 5.99. The second-order valence-electron chi connectivity index (χ2n) is 5.99. The molecular formula is C22H19N3O2. The van der Waals surface area contributed by atoms with Crippen LogP contribution in [0.5, 0.6) is 0 Å². The van der Waals surface area contributed by atoms with E-state index in [1.165, 1.54) is 0 Å². The smallest absolute Gasteiger partial charge is 0.272 e. The number of nitrogens with zero attached hydrogens (tertiary/aromatic N) is 1. The van der Waals surface area contributed by atoms with Crippen LogP contribution in [0, 0.1) is 6.92 Å². The minimum Gasteiger partial charge on any atom is -0.321 e. The van der Waals surface area contributed by atoms with Crippen LogP contribution in [0.1, 0.15) is 21.5 Å². The summed E-state index contributed by atoms with van der Waals surface area (Å²) in [7, 11) is 0. The summed E-state index contributed by atoms with van der Waals surface area (Å²) in [6.45, 7) is 1.94. The topological polar surface area (TPSA) is 71.1 Å². The fraction of sp³-hybridized carbons (Fsp3) is 0.0455. The van der Waals surface area contributed by atoms with Gasteiger partial charge in [-0.25, -0.2) is 0 Å². The number of nitrogens with one attached hydrogen (secondary N) is 2. The maximum atomic E-state index is 12.8. The molecule has 1 heterocycles. The molecule has 0 saturated heterocycles. The van der Waals surface area contributed by atoms with E-state index < -0.39 is 5.91 Å². The van der Waals surface area contributed by atoms with Crippen molar-refractivity contribution in [1.29, 1.82) is 0 Å². The summed E-state index contributed by atoms with van der Waals surface area (Å²) in [5.74, 6) is -0.765. The van der Waals surface area contributed by atoms with Gasteiger partial charge in [-0.1, -0.05) is 36.4 Å². The number of hydrogen-bond donors (Lipinski definition) is 2. The fourth-order valence-corrected chi connectivity index (χ4v) is 2.49. The molecular weight excluding hydrogens is 338 g/mol. The molecule has 27 heavy (non-hydrogen) atoms. The molecule has 0 aliphatic carbocycles. The molecule has 0 aliphatic heterocycles. The highest BCUT2D eigenvalue weighted by Crippen LogP contribution is 2.12. The zero-order chi connectivity index (χ0) is 19.1. The lowest BCUT2D eigenvalue weighted by atomic mass is 10.2. The van der Waals surface area contributed by atoms with Gasteiger partial charge >= 0.3 is 0 Å². The Labute approximate surface area is 157 Å². The van der Waals surface area contributed by atoms with E-state index in [9.17, 15) is 9.59 Å². The molecule has 2 amide bonds. The van der Waals surface area contributed by atoms with Crippen molar-refractivity contribution in [3.05, 3.63) is 102 Å². The Balaban J connectivity index is 1.86. The van der Waals surface area contributed by atoms with E-state index in [0.717, 1.165) is 5.56 Å². The van der Waals surface area contributed by atoms with Crippen LogP contribution in [0.3, 0.4) is 0 Å². The van der Waals surface area contributed by atoms with Gasteiger partial charge in [0, 0.05) is 23.6 Å². The monoisotopic (exact) mass is 357 g/mol. The number of carbonyl (C=O) groups is 2.